The van der Waals surface area contributed by atoms with Crippen LogP contribution in [0.4, 0.5) is 0 Å². The zero-order valence-corrected chi connectivity index (χ0v) is 9.20. The maximum absolute atomic E-state index is 10.1. The van der Waals surface area contributed by atoms with Gasteiger partial charge in [0.05, 0.1) is 0 Å². The number of nitrogens with one attached hydrogen (secondary N) is 1. The van der Waals surface area contributed by atoms with Gasteiger partial charge in [-0.1, -0.05) is 13.3 Å². The van der Waals surface area contributed by atoms with Gasteiger partial charge in [-0.15, -0.1) is 0 Å². The third-order valence-electron chi connectivity index (χ3n) is 3.05. The molecule has 1 aliphatic rings. The summed E-state index contributed by atoms with van der Waals surface area (Å²) in [6, 6.07) is 4.00. The molecule has 1 saturated heterocycles. The van der Waals surface area contributed by atoms with E-state index in [1.807, 2.05) is 19.1 Å². The Kier molecular flexibility index (Phi) is 3.44. The second-order valence-electron chi connectivity index (χ2n) is 4.16. The molecule has 0 aliphatic carbocycles. The molecule has 0 saturated carbocycles. The third kappa shape index (κ3) is 2.41. The summed E-state index contributed by atoms with van der Waals surface area (Å²) in [7, 11) is 0. The molecule has 2 N–H and O–H groups in total. The summed E-state index contributed by atoms with van der Waals surface area (Å²) in [4.78, 5) is 0. The minimum Gasteiger partial charge on any atom is -0.463 e. The molecule has 1 fully saturated rings. The highest BCUT2D eigenvalue weighted by Gasteiger charge is 2.24. The van der Waals surface area contributed by atoms with E-state index in [1.165, 1.54) is 12.8 Å². The van der Waals surface area contributed by atoms with Gasteiger partial charge in [-0.2, -0.15) is 0 Å². The van der Waals surface area contributed by atoms with Crippen LogP contribution < -0.4 is 5.32 Å². The van der Waals surface area contributed by atoms with Crippen molar-refractivity contribution in [3.63, 3.8) is 0 Å². The Morgan fingerprint density at radius 1 is 1.53 bits per heavy atom. The monoisotopic (exact) mass is 209 g/mol. The number of hydrogen-bond acceptors (Lipinski definition) is 3. The van der Waals surface area contributed by atoms with Crippen LogP contribution in [-0.2, 0) is 6.42 Å². The predicted octanol–water partition coefficient (Wildman–Crippen LogP) is 2.02. The Hall–Kier alpha value is -0.800. The molecule has 2 rings (SSSR count). The van der Waals surface area contributed by atoms with Gasteiger partial charge in [-0.05, 0) is 31.5 Å². The van der Waals surface area contributed by atoms with Crippen molar-refractivity contribution in [1.82, 2.24) is 5.32 Å². The first-order valence-electron chi connectivity index (χ1n) is 5.81. The van der Waals surface area contributed by atoms with Gasteiger partial charge < -0.3 is 14.8 Å². The third-order valence-corrected chi connectivity index (χ3v) is 3.05. The number of rotatable bonds is 3. The second-order valence-corrected chi connectivity index (χ2v) is 4.16. The van der Waals surface area contributed by atoms with Crippen LogP contribution >= 0.6 is 0 Å². The average molecular weight is 209 g/mol. The summed E-state index contributed by atoms with van der Waals surface area (Å²) in [6.07, 6.45) is 3.82. The minimum absolute atomic E-state index is 0.162. The lowest BCUT2D eigenvalue weighted by Gasteiger charge is -2.26. The molecule has 0 amide bonds. The summed E-state index contributed by atoms with van der Waals surface area (Å²) >= 11 is 0. The Balaban J connectivity index is 2.02. The van der Waals surface area contributed by atoms with E-state index in [4.69, 9.17) is 4.42 Å². The molecule has 0 spiro atoms. The van der Waals surface area contributed by atoms with Crippen LogP contribution in [0.1, 0.15) is 43.8 Å². The van der Waals surface area contributed by atoms with Crippen LogP contribution in [0, 0.1) is 0 Å². The van der Waals surface area contributed by atoms with E-state index in [0.717, 1.165) is 25.1 Å². The van der Waals surface area contributed by atoms with E-state index in [-0.39, 0.29) is 6.04 Å². The highest BCUT2D eigenvalue weighted by Crippen LogP contribution is 2.24. The van der Waals surface area contributed by atoms with Crippen LogP contribution in [0.5, 0.6) is 0 Å². The molecule has 15 heavy (non-hydrogen) atoms. The van der Waals surface area contributed by atoms with Crippen LogP contribution in [0.15, 0.2) is 16.5 Å². The quantitative estimate of drug-likeness (QED) is 0.800. The number of furan rings is 1. The fourth-order valence-corrected chi connectivity index (χ4v) is 2.09. The van der Waals surface area contributed by atoms with Gasteiger partial charge >= 0.3 is 0 Å². The van der Waals surface area contributed by atoms with E-state index in [2.05, 4.69) is 5.32 Å². The van der Waals surface area contributed by atoms with Crippen molar-refractivity contribution in [1.29, 1.82) is 0 Å². The standard InChI is InChI=1S/C12H19NO2/c1-2-9-6-7-11(15-9)12(14)10-5-3-4-8-13-10/h6-7,10,12-14H,2-5,8H2,1H3. The highest BCUT2D eigenvalue weighted by molar-refractivity contribution is 5.11. The number of aliphatic hydroxyl groups excluding tert-OH is 1. The number of piperidine rings is 1. The zero-order chi connectivity index (χ0) is 10.7. The van der Waals surface area contributed by atoms with Crippen LogP contribution in [0.25, 0.3) is 0 Å². The molecule has 0 radical (unpaired) electrons. The molecule has 2 atom stereocenters. The average Bonchev–Trinajstić information content (AvgIpc) is 2.78. The lowest BCUT2D eigenvalue weighted by Crippen LogP contribution is -2.38. The molecule has 2 heterocycles. The number of hydrogen-bond donors (Lipinski definition) is 2. The van der Waals surface area contributed by atoms with Gasteiger partial charge in [0.25, 0.3) is 0 Å². The fourth-order valence-electron chi connectivity index (χ4n) is 2.09. The Morgan fingerprint density at radius 3 is 3.00 bits per heavy atom. The van der Waals surface area contributed by atoms with E-state index in [1.54, 1.807) is 0 Å². The molecule has 84 valence electrons. The van der Waals surface area contributed by atoms with Crippen LogP contribution in [0.3, 0.4) is 0 Å². The Labute approximate surface area is 90.5 Å². The second kappa shape index (κ2) is 4.81. The maximum Gasteiger partial charge on any atom is 0.134 e. The summed E-state index contributed by atoms with van der Waals surface area (Å²) in [6.45, 7) is 3.05. The first-order valence-corrected chi connectivity index (χ1v) is 5.81. The first kappa shape index (κ1) is 10.7. The van der Waals surface area contributed by atoms with Crippen molar-refractivity contribution in [3.05, 3.63) is 23.7 Å². The van der Waals surface area contributed by atoms with Crippen molar-refractivity contribution in [2.24, 2.45) is 0 Å². The molecule has 3 heteroatoms. The van der Waals surface area contributed by atoms with E-state index < -0.39 is 6.10 Å². The summed E-state index contributed by atoms with van der Waals surface area (Å²) < 4.78 is 5.56. The van der Waals surface area contributed by atoms with Crippen LogP contribution in [-0.4, -0.2) is 17.7 Å². The van der Waals surface area contributed by atoms with Gasteiger partial charge in [0.2, 0.25) is 0 Å². The van der Waals surface area contributed by atoms with Gasteiger partial charge in [0, 0.05) is 12.5 Å². The predicted molar refractivity (Wildman–Crippen MR) is 58.7 cm³/mol. The lowest BCUT2D eigenvalue weighted by molar-refractivity contribution is 0.0912. The van der Waals surface area contributed by atoms with Crippen LogP contribution in [0.2, 0.25) is 0 Å². The topological polar surface area (TPSA) is 45.4 Å². The maximum atomic E-state index is 10.1. The molecule has 1 aromatic heterocycles. The molecule has 0 aromatic carbocycles. The minimum atomic E-state index is -0.495. The molecule has 0 bridgehead atoms. The van der Waals surface area contributed by atoms with Crippen molar-refractivity contribution in [2.75, 3.05) is 6.54 Å². The Bertz CT molecular complexity index is 302. The fraction of sp³-hybridized carbons (Fsp3) is 0.667. The molecular weight excluding hydrogens is 190 g/mol. The Morgan fingerprint density at radius 2 is 2.40 bits per heavy atom. The molecular formula is C12H19NO2. The highest BCUT2D eigenvalue weighted by atomic mass is 16.4. The van der Waals surface area contributed by atoms with E-state index in [0.29, 0.717) is 5.76 Å². The summed E-state index contributed by atoms with van der Waals surface area (Å²) in [5.74, 6) is 1.64. The summed E-state index contributed by atoms with van der Waals surface area (Å²) in [5, 5.41) is 13.4. The largest absolute Gasteiger partial charge is 0.463 e. The molecule has 3 nitrogen and oxygen atoms in total. The molecule has 1 aliphatic heterocycles. The first-order chi connectivity index (χ1) is 7.31. The normalized spacial score (nSPS) is 24.0. The SMILES string of the molecule is CCc1ccc(C(O)C2CCCCN2)o1. The van der Waals surface area contributed by atoms with Gasteiger partial charge in [0.1, 0.15) is 17.6 Å². The van der Waals surface area contributed by atoms with E-state index >= 15 is 0 Å². The van der Waals surface area contributed by atoms with Crippen molar-refractivity contribution >= 4 is 0 Å². The smallest absolute Gasteiger partial charge is 0.134 e. The molecule has 1 aromatic rings. The zero-order valence-electron chi connectivity index (χ0n) is 9.20. The molecule has 2 unspecified atom stereocenters. The van der Waals surface area contributed by atoms with E-state index in [9.17, 15) is 5.11 Å². The van der Waals surface area contributed by atoms with Gasteiger partial charge in [0.15, 0.2) is 0 Å². The lowest BCUT2D eigenvalue weighted by atomic mass is 9.98. The summed E-state index contributed by atoms with van der Waals surface area (Å²) in [5.41, 5.74) is 0. The van der Waals surface area contributed by atoms with Crippen molar-refractivity contribution in [3.8, 4) is 0 Å². The number of aryl methyl sites for hydroxylation is 1. The van der Waals surface area contributed by atoms with Gasteiger partial charge in [-0.3, -0.25) is 0 Å². The van der Waals surface area contributed by atoms with Crippen molar-refractivity contribution in [2.45, 2.75) is 44.8 Å². The van der Waals surface area contributed by atoms with Crippen molar-refractivity contribution < 1.29 is 9.52 Å². The van der Waals surface area contributed by atoms with Gasteiger partial charge in [-0.25, -0.2) is 0 Å². The number of aliphatic hydroxyl groups is 1.